The lowest BCUT2D eigenvalue weighted by atomic mass is 10.1. The fourth-order valence-corrected chi connectivity index (χ4v) is 3.17. The fourth-order valence-electron chi connectivity index (χ4n) is 2.91. The first-order chi connectivity index (χ1) is 13.2. The number of hydrogen-bond acceptors (Lipinski definition) is 3. The van der Waals surface area contributed by atoms with Gasteiger partial charge in [0, 0.05) is 5.69 Å². The number of aromatic nitrogens is 3. The van der Waals surface area contributed by atoms with Crippen LogP contribution >= 0.6 is 12.2 Å². The van der Waals surface area contributed by atoms with Gasteiger partial charge in [0.05, 0.1) is 0 Å². The summed E-state index contributed by atoms with van der Waals surface area (Å²) in [5, 5.41) is 7.17. The predicted octanol–water partition coefficient (Wildman–Crippen LogP) is 5.48. The molecule has 27 heavy (non-hydrogen) atoms. The summed E-state index contributed by atoms with van der Waals surface area (Å²) in [4.78, 5) is 0. The van der Waals surface area contributed by atoms with Crippen LogP contribution in [0.3, 0.4) is 0 Å². The maximum absolute atomic E-state index is 5.93. The Balaban J connectivity index is 1.51. The van der Waals surface area contributed by atoms with Crippen LogP contribution < -0.4 is 4.74 Å². The van der Waals surface area contributed by atoms with Crippen molar-refractivity contribution < 1.29 is 4.74 Å². The molecule has 0 amide bonds. The van der Waals surface area contributed by atoms with Crippen LogP contribution in [-0.4, -0.2) is 14.8 Å². The van der Waals surface area contributed by atoms with Gasteiger partial charge >= 0.3 is 0 Å². The fraction of sp³-hybridized carbons (Fsp3) is 0.0909. The number of hydrogen-bond donors (Lipinski definition) is 1. The van der Waals surface area contributed by atoms with Crippen molar-refractivity contribution in [3.63, 3.8) is 0 Å². The highest BCUT2D eigenvalue weighted by atomic mass is 32.1. The van der Waals surface area contributed by atoms with Crippen LogP contribution in [0.4, 0.5) is 0 Å². The molecule has 0 saturated carbocycles. The van der Waals surface area contributed by atoms with E-state index in [1.54, 1.807) is 0 Å². The smallest absolute Gasteiger partial charge is 0.199 e. The minimum atomic E-state index is 0.325. The lowest BCUT2D eigenvalue weighted by Gasteiger charge is -2.09. The molecule has 5 heteroatoms. The number of nitrogens with zero attached hydrogens (tertiary/aromatic N) is 2. The first kappa shape index (κ1) is 17.2. The summed E-state index contributed by atoms with van der Waals surface area (Å²) in [6.07, 6.45) is 0. The van der Waals surface area contributed by atoms with Crippen molar-refractivity contribution in [2.45, 2.75) is 13.5 Å². The summed E-state index contributed by atoms with van der Waals surface area (Å²) in [5.74, 6) is 1.52. The van der Waals surface area contributed by atoms with Crippen molar-refractivity contribution >= 4 is 12.2 Å². The summed E-state index contributed by atoms with van der Waals surface area (Å²) < 4.78 is 8.38. The monoisotopic (exact) mass is 373 g/mol. The topological polar surface area (TPSA) is 42.8 Å². The van der Waals surface area contributed by atoms with Gasteiger partial charge in [0.1, 0.15) is 12.4 Å². The van der Waals surface area contributed by atoms with Gasteiger partial charge in [-0.25, -0.2) is 0 Å². The van der Waals surface area contributed by atoms with Gasteiger partial charge in [-0.3, -0.25) is 9.67 Å². The quantitative estimate of drug-likeness (QED) is 0.471. The van der Waals surface area contributed by atoms with Gasteiger partial charge in [0.25, 0.3) is 0 Å². The summed E-state index contributed by atoms with van der Waals surface area (Å²) in [7, 11) is 0. The van der Waals surface area contributed by atoms with E-state index in [0.29, 0.717) is 11.4 Å². The molecule has 0 spiro atoms. The lowest BCUT2D eigenvalue weighted by molar-refractivity contribution is 0.293. The molecule has 0 aliphatic rings. The number of aryl methyl sites for hydroxylation is 1. The Labute approximate surface area is 163 Å². The minimum Gasteiger partial charge on any atom is -0.486 e. The molecular weight excluding hydrogens is 354 g/mol. The number of H-pyrrole nitrogens is 1. The third kappa shape index (κ3) is 3.83. The lowest BCUT2D eigenvalue weighted by Crippen LogP contribution is -2.05. The van der Waals surface area contributed by atoms with E-state index in [0.717, 1.165) is 22.8 Å². The van der Waals surface area contributed by atoms with Gasteiger partial charge in [0.15, 0.2) is 10.6 Å². The Kier molecular flexibility index (Phi) is 4.85. The number of benzene rings is 3. The van der Waals surface area contributed by atoms with Crippen molar-refractivity contribution in [3.05, 3.63) is 95.0 Å². The van der Waals surface area contributed by atoms with E-state index < -0.39 is 0 Å². The minimum absolute atomic E-state index is 0.325. The van der Waals surface area contributed by atoms with E-state index in [1.165, 1.54) is 11.1 Å². The summed E-state index contributed by atoms with van der Waals surface area (Å²) in [6.45, 7) is 2.38. The van der Waals surface area contributed by atoms with Gasteiger partial charge < -0.3 is 4.74 Å². The standard InChI is InChI=1S/C22H19N3OS/c1-16-7-11-19(12-8-16)25-21(23-24-22(25)27)15-26-20-13-9-18(10-14-20)17-5-3-2-4-6-17/h2-14H,15H2,1H3,(H,24,27). The van der Waals surface area contributed by atoms with E-state index in [-0.39, 0.29) is 0 Å². The molecule has 0 atom stereocenters. The Morgan fingerprint density at radius 3 is 2.26 bits per heavy atom. The van der Waals surface area contributed by atoms with Crippen molar-refractivity contribution in [1.82, 2.24) is 14.8 Å². The molecule has 134 valence electrons. The maximum atomic E-state index is 5.93. The molecule has 0 aliphatic carbocycles. The third-order valence-electron chi connectivity index (χ3n) is 4.36. The molecular formula is C22H19N3OS. The zero-order chi connectivity index (χ0) is 18.6. The number of aromatic amines is 1. The van der Waals surface area contributed by atoms with Crippen molar-refractivity contribution in [1.29, 1.82) is 0 Å². The van der Waals surface area contributed by atoms with E-state index in [4.69, 9.17) is 17.0 Å². The van der Waals surface area contributed by atoms with Crippen LogP contribution in [0.1, 0.15) is 11.4 Å². The molecule has 4 aromatic rings. The molecule has 0 aliphatic heterocycles. The number of nitrogens with one attached hydrogen (secondary N) is 1. The Bertz CT molecular complexity index is 1080. The van der Waals surface area contributed by atoms with Crippen molar-refractivity contribution in [3.8, 4) is 22.6 Å². The molecule has 1 N–H and O–H groups in total. The average Bonchev–Trinajstić information content (AvgIpc) is 3.08. The molecule has 0 bridgehead atoms. The highest BCUT2D eigenvalue weighted by Gasteiger charge is 2.09. The van der Waals surface area contributed by atoms with E-state index >= 15 is 0 Å². The van der Waals surface area contributed by atoms with Gasteiger partial charge in [-0.2, -0.15) is 5.10 Å². The Hall–Kier alpha value is -3.18. The molecule has 1 heterocycles. The van der Waals surface area contributed by atoms with Crippen LogP contribution in [0.25, 0.3) is 16.8 Å². The number of ether oxygens (including phenoxy) is 1. The first-order valence-electron chi connectivity index (χ1n) is 8.72. The average molecular weight is 373 g/mol. The Morgan fingerprint density at radius 2 is 1.56 bits per heavy atom. The highest BCUT2D eigenvalue weighted by Crippen LogP contribution is 2.23. The highest BCUT2D eigenvalue weighted by molar-refractivity contribution is 7.71. The molecule has 1 aromatic heterocycles. The third-order valence-corrected chi connectivity index (χ3v) is 4.64. The van der Waals surface area contributed by atoms with E-state index in [1.807, 2.05) is 47.0 Å². The molecule has 0 saturated heterocycles. The van der Waals surface area contributed by atoms with Crippen LogP contribution in [0.5, 0.6) is 5.75 Å². The van der Waals surface area contributed by atoms with Gasteiger partial charge in [-0.05, 0) is 54.5 Å². The first-order valence-corrected chi connectivity index (χ1v) is 9.13. The second kappa shape index (κ2) is 7.60. The largest absolute Gasteiger partial charge is 0.486 e. The zero-order valence-electron chi connectivity index (χ0n) is 14.9. The van der Waals surface area contributed by atoms with Crippen molar-refractivity contribution in [2.24, 2.45) is 0 Å². The molecule has 4 nitrogen and oxygen atoms in total. The predicted molar refractivity (Wildman–Crippen MR) is 110 cm³/mol. The second-order valence-corrected chi connectivity index (χ2v) is 6.68. The summed E-state index contributed by atoms with van der Waals surface area (Å²) in [5.41, 5.74) is 4.51. The summed E-state index contributed by atoms with van der Waals surface area (Å²) in [6, 6.07) is 26.5. The second-order valence-electron chi connectivity index (χ2n) is 6.30. The maximum Gasteiger partial charge on any atom is 0.199 e. The van der Waals surface area contributed by atoms with E-state index in [9.17, 15) is 0 Å². The van der Waals surface area contributed by atoms with E-state index in [2.05, 4.69) is 53.5 Å². The van der Waals surface area contributed by atoms with Crippen LogP contribution in [0.15, 0.2) is 78.9 Å². The van der Waals surface area contributed by atoms with Gasteiger partial charge in [-0.1, -0.05) is 60.2 Å². The van der Waals surface area contributed by atoms with Gasteiger partial charge in [-0.15, -0.1) is 0 Å². The molecule has 0 radical (unpaired) electrons. The molecule has 3 aromatic carbocycles. The van der Waals surface area contributed by atoms with Gasteiger partial charge in [0.2, 0.25) is 0 Å². The zero-order valence-corrected chi connectivity index (χ0v) is 15.7. The Morgan fingerprint density at radius 1 is 0.889 bits per heavy atom. The molecule has 0 fully saturated rings. The normalized spacial score (nSPS) is 10.7. The number of rotatable bonds is 5. The molecule has 0 unspecified atom stereocenters. The summed E-state index contributed by atoms with van der Waals surface area (Å²) >= 11 is 5.38. The van der Waals surface area contributed by atoms with Crippen molar-refractivity contribution in [2.75, 3.05) is 0 Å². The van der Waals surface area contributed by atoms with Crippen LogP contribution in [0, 0.1) is 11.7 Å². The van der Waals surface area contributed by atoms with Crippen LogP contribution in [-0.2, 0) is 6.61 Å². The molecule has 4 rings (SSSR count). The SMILES string of the molecule is Cc1ccc(-n2c(COc3ccc(-c4ccccc4)cc3)n[nH]c2=S)cc1. The van der Waals surface area contributed by atoms with Crippen LogP contribution in [0.2, 0.25) is 0 Å².